The number of hydrogen-bond donors (Lipinski definition) is 1. The Kier molecular flexibility index (Phi) is 3.84. The van der Waals surface area contributed by atoms with Gasteiger partial charge in [0, 0.05) is 19.1 Å². The monoisotopic (exact) mass is 252 g/mol. The van der Waals surface area contributed by atoms with Crippen LogP contribution in [-0.4, -0.2) is 29.9 Å². The third kappa shape index (κ3) is 2.38. The third-order valence-corrected chi connectivity index (χ3v) is 4.68. The lowest BCUT2D eigenvalue weighted by Crippen LogP contribution is -2.51. The molecule has 1 fully saturated rings. The first kappa shape index (κ1) is 12.6. The van der Waals surface area contributed by atoms with Gasteiger partial charge in [0.1, 0.15) is 0 Å². The van der Waals surface area contributed by atoms with Gasteiger partial charge in [-0.3, -0.25) is 4.79 Å². The molecule has 17 heavy (non-hydrogen) atoms. The van der Waals surface area contributed by atoms with Crippen LogP contribution in [0, 0.1) is 12.8 Å². The molecule has 2 atom stereocenters. The van der Waals surface area contributed by atoms with Crippen molar-refractivity contribution >= 4 is 17.2 Å². The van der Waals surface area contributed by atoms with Crippen molar-refractivity contribution in [2.45, 2.75) is 32.7 Å². The van der Waals surface area contributed by atoms with Crippen molar-refractivity contribution in [1.82, 2.24) is 4.90 Å². The van der Waals surface area contributed by atoms with Gasteiger partial charge in [-0.25, -0.2) is 0 Å². The van der Waals surface area contributed by atoms with E-state index < -0.39 is 0 Å². The summed E-state index contributed by atoms with van der Waals surface area (Å²) in [5, 5.41) is 1.98. The van der Waals surface area contributed by atoms with Crippen LogP contribution in [-0.2, 0) is 0 Å². The van der Waals surface area contributed by atoms with E-state index in [-0.39, 0.29) is 11.9 Å². The van der Waals surface area contributed by atoms with Gasteiger partial charge in [-0.05, 0) is 42.7 Å². The topological polar surface area (TPSA) is 46.3 Å². The highest BCUT2D eigenvalue weighted by molar-refractivity contribution is 7.12. The van der Waals surface area contributed by atoms with Crippen LogP contribution < -0.4 is 5.73 Å². The fraction of sp³-hybridized carbons (Fsp3) is 0.615. The van der Waals surface area contributed by atoms with E-state index in [0.717, 1.165) is 23.4 Å². The zero-order valence-electron chi connectivity index (χ0n) is 10.5. The molecule has 0 aromatic carbocycles. The normalized spacial score (nSPS) is 25.0. The SMILES string of the molecule is Cc1ccsc1C(=O)N1CCC[C@H](C)[C@@H]1CN. The first-order valence-corrected chi connectivity index (χ1v) is 7.08. The van der Waals surface area contributed by atoms with Crippen LogP contribution in [0.2, 0.25) is 0 Å². The molecule has 1 aliphatic rings. The standard InChI is InChI=1S/C13H20N2OS/c1-9-4-3-6-15(11(9)8-14)13(16)12-10(2)5-7-17-12/h5,7,9,11H,3-4,6,8,14H2,1-2H3/t9-,11-/m0/s1. The lowest BCUT2D eigenvalue weighted by molar-refractivity contribution is 0.0537. The second-order valence-corrected chi connectivity index (χ2v) is 5.77. The lowest BCUT2D eigenvalue weighted by Gasteiger charge is -2.39. The molecule has 1 aromatic rings. The summed E-state index contributed by atoms with van der Waals surface area (Å²) in [4.78, 5) is 15.3. The smallest absolute Gasteiger partial charge is 0.264 e. The number of rotatable bonds is 2. The van der Waals surface area contributed by atoms with Crippen molar-refractivity contribution in [3.63, 3.8) is 0 Å². The molecule has 1 aliphatic heterocycles. The Morgan fingerprint density at radius 2 is 2.41 bits per heavy atom. The molecular weight excluding hydrogens is 232 g/mol. The number of nitrogens with zero attached hydrogens (tertiary/aromatic N) is 1. The third-order valence-electron chi connectivity index (χ3n) is 3.67. The number of aryl methyl sites for hydroxylation is 1. The number of carbonyl (C=O) groups excluding carboxylic acids is 1. The molecule has 0 unspecified atom stereocenters. The lowest BCUT2D eigenvalue weighted by atomic mass is 9.90. The molecular formula is C13H20N2OS. The molecule has 2 N–H and O–H groups in total. The van der Waals surface area contributed by atoms with Crippen molar-refractivity contribution < 1.29 is 4.79 Å². The summed E-state index contributed by atoms with van der Waals surface area (Å²) in [6.07, 6.45) is 2.27. The fourth-order valence-electron chi connectivity index (χ4n) is 2.58. The van der Waals surface area contributed by atoms with Crippen molar-refractivity contribution in [2.75, 3.05) is 13.1 Å². The van der Waals surface area contributed by atoms with Crippen LogP contribution in [0.25, 0.3) is 0 Å². The van der Waals surface area contributed by atoms with E-state index in [1.807, 2.05) is 23.3 Å². The van der Waals surface area contributed by atoms with Gasteiger partial charge in [-0.2, -0.15) is 0 Å². The summed E-state index contributed by atoms with van der Waals surface area (Å²) in [6.45, 7) is 5.60. The van der Waals surface area contributed by atoms with Crippen LogP contribution in [0.1, 0.15) is 35.0 Å². The fourth-order valence-corrected chi connectivity index (χ4v) is 3.46. The second kappa shape index (κ2) is 5.19. The summed E-state index contributed by atoms with van der Waals surface area (Å²) in [5.74, 6) is 0.678. The summed E-state index contributed by atoms with van der Waals surface area (Å²) in [6, 6.07) is 2.21. The van der Waals surface area contributed by atoms with Gasteiger partial charge < -0.3 is 10.6 Å². The Morgan fingerprint density at radius 3 is 3.00 bits per heavy atom. The molecule has 1 amide bonds. The van der Waals surface area contributed by atoms with Crippen molar-refractivity contribution in [3.8, 4) is 0 Å². The highest BCUT2D eigenvalue weighted by Crippen LogP contribution is 2.26. The summed E-state index contributed by atoms with van der Waals surface area (Å²) < 4.78 is 0. The van der Waals surface area contributed by atoms with Crippen LogP contribution >= 0.6 is 11.3 Å². The van der Waals surface area contributed by atoms with Crippen LogP contribution in [0.3, 0.4) is 0 Å². The molecule has 94 valence electrons. The maximum absolute atomic E-state index is 12.5. The van der Waals surface area contributed by atoms with Crippen LogP contribution in [0.4, 0.5) is 0 Å². The van der Waals surface area contributed by atoms with Gasteiger partial charge in [-0.1, -0.05) is 6.92 Å². The molecule has 1 saturated heterocycles. The van der Waals surface area contributed by atoms with Gasteiger partial charge in [-0.15, -0.1) is 11.3 Å². The molecule has 2 rings (SSSR count). The molecule has 0 radical (unpaired) electrons. The molecule has 4 heteroatoms. The van der Waals surface area contributed by atoms with E-state index in [4.69, 9.17) is 5.73 Å². The van der Waals surface area contributed by atoms with Gasteiger partial charge in [0.2, 0.25) is 0 Å². The molecule has 0 spiro atoms. The summed E-state index contributed by atoms with van der Waals surface area (Å²) in [7, 11) is 0. The average molecular weight is 252 g/mol. The highest BCUT2D eigenvalue weighted by Gasteiger charge is 2.32. The Balaban J connectivity index is 2.21. The van der Waals surface area contributed by atoms with E-state index >= 15 is 0 Å². The second-order valence-electron chi connectivity index (χ2n) is 4.85. The maximum atomic E-state index is 12.5. The van der Waals surface area contributed by atoms with E-state index in [1.54, 1.807) is 0 Å². The summed E-state index contributed by atoms with van der Waals surface area (Å²) >= 11 is 1.53. The van der Waals surface area contributed by atoms with E-state index in [2.05, 4.69) is 6.92 Å². The minimum Gasteiger partial charge on any atom is -0.333 e. The van der Waals surface area contributed by atoms with Crippen LogP contribution in [0.15, 0.2) is 11.4 Å². The average Bonchev–Trinajstić information content (AvgIpc) is 2.74. The maximum Gasteiger partial charge on any atom is 0.264 e. The molecule has 0 aliphatic carbocycles. The Bertz CT molecular complexity index is 402. The molecule has 0 saturated carbocycles. The first-order valence-electron chi connectivity index (χ1n) is 6.20. The quantitative estimate of drug-likeness (QED) is 0.877. The summed E-state index contributed by atoms with van der Waals surface area (Å²) in [5.41, 5.74) is 6.90. The highest BCUT2D eigenvalue weighted by atomic mass is 32.1. The van der Waals surface area contributed by atoms with E-state index in [1.165, 1.54) is 17.8 Å². The Morgan fingerprint density at radius 1 is 1.65 bits per heavy atom. The Labute approximate surface area is 107 Å². The van der Waals surface area contributed by atoms with E-state index in [0.29, 0.717) is 12.5 Å². The van der Waals surface area contributed by atoms with Gasteiger partial charge in [0.05, 0.1) is 4.88 Å². The molecule has 1 aromatic heterocycles. The van der Waals surface area contributed by atoms with Crippen molar-refractivity contribution in [1.29, 1.82) is 0 Å². The van der Waals surface area contributed by atoms with Gasteiger partial charge in [0.15, 0.2) is 0 Å². The largest absolute Gasteiger partial charge is 0.333 e. The van der Waals surface area contributed by atoms with Crippen molar-refractivity contribution in [3.05, 3.63) is 21.9 Å². The molecule has 0 bridgehead atoms. The number of nitrogens with two attached hydrogens (primary N) is 1. The number of carbonyl (C=O) groups is 1. The van der Waals surface area contributed by atoms with Gasteiger partial charge >= 0.3 is 0 Å². The van der Waals surface area contributed by atoms with Crippen LogP contribution in [0.5, 0.6) is 0 Å². The zero-order valence-corrected chi connectivity index (χ0v) is 11.3. The number of piperidine rings is 1. The Hall–Kier alpha value is -0.870. The number of thiophene rings is 1. The number of amides is 1. The predicted molar refractivity (Wildman–Crippen MR) is 71.3 cm³/mol. The number of likely N-dealkylation sites (tertiary alicyclic amines) is 1. The molecule has 3 nitrogen and oxygen atoms in total. The minimum atomic E-state index is 0.166. The first-order chi connectivity index (χ1) is 8.15. The number of hydrogen-bond acceptors (Lipinski definition) is 3. The van der Waals surface area contributed by atoms with E-state index in [9.17, 15) is 4.79 Å². The zero-order chi connectivity index (χ0) is 12.4. The predicted octanol–water partition coefficient (Wildman–Crippen LogP) is 2.26. The van der Waals surface area contributed by atoms with Gasteiger partial charge in [0.25, 0.3) is 5.91 Å². The van der Waals surface area contributed by atoms with Crippen molar-refractivity contribution in [2.24, 2.45) is 11.7 Å². The molecule has 2 heterocycles. The minimum absolute atomic E-state index is 0.166.